The Hall–Kier alpha value is -2.15. The van der Waals surface area contributed by atoms with Crippen LogP contribution in [0.25, 0.3) is 21.9 Å². The van der Waals surface area contributed by atoms with Gasteiger partial charge in [-0.1, -0.05) is 56.3 Å². The highest BCUT2D eigenvalue weighted by Crippen LogP contribution is 2.51. The molecule has 0 N–H and O–H groups in total. The number of benzene rings is 3. The van der Waals surface area contributed by atoms with Gasteiger partial charge in [0, 0.05) is 5.41 Å². The second-order valence-corrected chi connectivity index (χ2v) is 6.02. The van der Waals surface area contributed by atoms with Gasteiger partial charge in [-0.2, -0.15) is 0 Å². The molecule has 0 atom stereocenters. The number of hydrogen-bond donors (Lipinski definition) is 0. The van der Waals surface area contributed by atoms with Crippen LogP contribution in [0.3, 0.4) is 0 Å². The maximum Gasteiger partial charge on any atom is 0.123 e. The summed E-state index contributed by atoms with van der Waals surface area (Å²) in [4.78, 5) is 0. The van der Waals surface area contributed by atoms with Gasteiger partial charge in [-0.3, -0.25) is 0 Å². The molecular weight excluding hydrogens is 247 g/mol. The fourth-order valence-corrected chi connectivity index (χ4v) is 3.48. The molecular formula is C19H15F. The van der Waals surface area contributed by atoms with E-state index in [4.69, 9.17) is 0 Å². The summed E-state index contributed by atoms with van der Waals surface area (Å²) in [5, 5.41) is 2.49. The minimum atomic E-state index is -0.158. The third kappa shape index (κ3) is 1.35. The van der Waals surface area contributed by atoms with E-state index >= 15 is 0 Å². The van der Waals surface area contributed by atoms with Gasteiger partial charge in [-0.25, -0.2) is 4.39 Å². The Labute approximate surface area is 117 Å². The molecule has 20 heavy (non-hydrogen) atoms. The normalized spacial score (nSPS) is 15.2. The van der Waals surface area contributed by atoms with Crippen molar-refractivity contribution in [3.05, 3.63) is 71.5 Å². The molecule has 0 radical (unpaired) electrons. The van der Waals surface area contributed by atoms with Gasteiger partial charge >= 0.3 is 0 Å². The van der Waals surface area contributed by atoms with Crippen LogP contribution in [0.2, 0.25) is 0 Å². The molecule has 0 nitrogen and oxygen atoms in total. The fourth-order valence-electron chi connectivity index (χ4n) is 3.48. The van der Waals surface area contributed by atoms with Crippen molar-refractivity contribution in [3.63, 3.8) is 0 Å². The molecule has 1 aliphatic rings. The van der Waals surface area contributed by atoms with Gasteiger partial charge in [0.2, 0.25) is 0 Å². The highest BCUT2D eigenvalue weighted by molar-refractivity contribution is 6.02. The van der Waals surface area contributed by atoms with E-state index in [1.807, 2.05) is 6.07 Å². The van der Waals surface area contributed by atoms with E-state index in [9.17, 15) is 4.39 Å². The van der Waals surface area contributed by atoms with Gasteiger partial charge in [0.05, 0.1) is 0 Å². The third-order valence-corrected chi connectivity index (χ3v) is 4.53. The Morgan fingerprint density at radius 3 is 2.50 bits per heavy atom. The van der Waals surface area contributed by atoms with Crippen LogP contribution < -0.4 is 0 Å². The van der Waals surface area contributed by atoms with Gasteiger partial charge in [-0.05, 0) is 45.2 Å². The number of fused-ring (bicyclic) bond motifs is 5. The fraction of sp³-hybridized carbons (Fsp3) is 0.158. The third-order valence-electron chi connectivity index (χ3n) is 4.53. The van der Waals surface area contributed by atoms with Crippen LogP contribution in [0.1, 0.15) is 25.0 Å². The molecule has 3 aromatic carbocycles. The first-order valence-electron chi connectivity index (χ1n) is 6.92. The zero-order valence-electron chi connectivity index (χ0n) is 11.6. The molecule has 3 aromatic rings. The molecule has 0 bridgehead atoms. The van der Waals surface area contributed by atoms with Gasteiger partial charge in [0.1, 0.15) is 5.82 Å². The predicted molar refractivity (Wildman–Crippen MR) is 81.5 cm³/mol. The summed E-state index contributed by atoms with van der Waals surface area (Å²) in [6.45, 7) is 4.34. The monoisotopic (exact) mass is 262 g/mol. The van der Waals surface area contributed by atoms with Crippen LogP contribution in [0.5, 0.6) is 0 Å². The Morgan fingerprint density at radius 2 is 1.65 bits per heavy atom. The zero-order valence-corrected chi connectivity index (χ0v) is 11.6. The molecule has 1 aliphatic carbocycles. The van der Waals surface area contributed by atoms with Crippen LogP contribution in [0.15, 0.2) is 54.6 Å². The van der Waals surface area contributed by atoms with Gasteiger partial charge in [-0.15, -0.1) is 0 Å². The maximum atomic E-state index is 13.6. The highest BCUT2D eigenvalue weighted by Gasteiger charge is 2.36. The van der Waals surface area contributed by atoms with Crippen molar-refractivity contribution < 1.29 is 4.39 Å². The summed E-state index contributed by atoms with van der Waals surface area (Å²) >= 11 is 0. The molecule has 0 unspecified atom stereocenters. The maximum absolute atomic E-state index is 13.6. The molecule has 0 amide bonds. The van der Waals surface area contributed by atoms with E-state index in [1.165, 1.54) is 27.5 Å². The smallest absolute Gasteiger partial charge is 0.123 e. The lowest BCUT2D eigenvalue weighted by Crippen LogP contribution is -2.15. The molecule has 4 rings (SSSR count). The van der Waals surface area contributed by atoms with E-state index in [1.54, 1.807) is 12.1 Å². The van der Waals surface area contributed by atoms with Crippen LogP contribution in [0.4, 0.5) is 4.39 Å². The van der Waals surface area contributed by atoms with E-state index in [2.05, 4.69) is 50.2 Å². The summed E-state index contributed by atoms with van der Waals surface area (Å²) in [5.74, 6) is -0.158. The SMILES string of the molecule is CC1(C)c2cc(F)ccc2-c2c1ccc1ccccc21. The lowest BCUT2D eigenvalue weighted by molar-refractivity contribution is 0.609. The lowest BCUT2D eigenvalue weighted by atomic mass is 9.82. The second-order valence-electron chi connectivity index (χ2n) is 6.02. The summed E-state index contributed by atoms with van der Waals surface area (Å²) in [5.41, 5.74) is 4.67. The molecule has 0 heterocycles. The van der Waals surface area contributed by atoms with Crippen molar-refractivity contribution in [1.82, 2.24) is 0 Å². The van der Waals surface area contributed by atoms with Crippen molar-refractivity contribution in [3.8, 4) is 11.1 Å². The minimum Gasteiger partial charge on any atom is -0.207 e. The van der Waals surface area contributed by atoms with E-state index in [0.717, 1.165) is 5.56 Å². The van der Waals surface area contributed by atoms with Crippen molar-refractivity contribution >= 4 is 10.8 Å². The molecule has 0 spiro atoms. The number of rotatable bonds is 0. The first-order chi connectivity index (χ1) is 9.59. The predicted octanol–water partition coefficient (Wildman–Crippen LogP) is 5.29. The van der Waals surface area contributed by atoms with Crippen LogP contribution in [0, 0.1) is 5.82 Å². The summed E-state index contributed by atoms with van der Waals surface area (Å²) in [6, 6.07) is 17.9. The quantitative estimate of drug-likeness (QED) is 0.516. The van der Waals surface area contributed by atoms with Crippen LogP contribution >= 0.6 is 0 Å². The summed E-state index contributed by atoms with van der Waals surface area (Å²) in [7, 11) is 0. The van der Waals surface area contributed by atoms with E-state index in [-0.39, 0.29) is 11.2 Å². The van der Waals surface area contributed by atoms with Gasteiger partial charge < -0.3 is 0 Å². The number of hydrogen-bond acceptors (Lipinski definition) is 0. The molecule has 0 aromatic heterocycles. The first kappa shape index (κ1) is 11.7. The largest absolute Gasteiger partial charge is 0.207 e. The molecule has 1 heteroatoms. The molecule has 0 saturated heterocycles. The molecule has 0 saturated carbocycles. The topological polar surface area (TPSA) is 0 Å². The molecule has 98 valence electrons. The van der Waals surface area contributed by atoms with Crippen LogP contribution in [-0.4, -0.2) is 0 Å². The average Bonchev–Trinajstić information content (AvgIpc) is 2.68. The zero-order chi connectivity index (χ0) is 13.9. The standard InChI is InChI=1S/C19H15F/c1-19(2)16-10-7-12-5-3-4-6-14(12)18(16)15-9-8-13(20)11-17(15)19/h3-11H,1-2H3. The Morgan fingerprint density at radius 1 is 0.850 bits per heavy atom. The molecule has 0 fully saturated rings. The summed E-state index contributed by atoms with van der Waals surface area (Å²) in [6.07, 6.45) is 0. The second kappa shape index (κ2) is 3.69. The Bertz CT molecular complexity index is 844. The van der Waals surface area contributed by atoms with Gasteiger partial charge in [0.25, 0.3) is 0 Å². The van der Waals surface area contributed by atoms with Crippen molar-refractivity contribution in [2.24, 2.45) is 0 Å². The lowest BCUT2D eigenvalue weighted by Gasteiger charge is -2.21. The minimum absolute atomic E-state index is 0.142. The van der Waals surface area contributed by atoms with Crippen molar-refractivity contribution in [2.45, 2.75) is 19.3 Å². The molecule has 0 aliphatic heterocycles. The summed E-state index contributed by atoms with van der Waals surface area (Å²) < 4.78 is 13.6. The Kier molecular flexibility index (Phi) is 2.15. The van der Waals surface area contributed by atoms with E-state index < -0.39 is 0 Å². The average molecular weight is 262 g/mol. The van der Waals surface area contributed by atoms with Crippen molar-refractivity contribution in [1.29, 1.82) is 0 Å². The van der Waals surface area contributed by atoms with Gasteiger partial charge in [0.15, 0.2) is 0 Å². The highest BCUT2D eigenvalue weighted by atomic mass is 19.1. The van der Waals surface area contributed by atoms with E-state index in [0.29, 0.717) is 0 Å². The van der Waals surface area contributed by atoms with Crippen molar-refractivity contribution in [2.75, 3.05) is 0 Å². The number of halogens is 1. The first-order valence-corrected chi connectivity index (χ1v) is 6.92. The van der Waals surface area contributed by atoms with Crippen LogP contribution in [-0.2, 0) is 5.41 Å². The Balaban J connectivity index is 2.20.